The molecule has 0 aliphatic rings. The number of amides is 1. The summed E-state index contributed by atoms with van der Waals surface area (Å²) in [4.78, 5) is 16.3. The van der Waals surface area contributed by atoms with E-state index in [0.717, 1.165) is 2.88 Å². The van der Waals surface area contributed by atoms with Crippen molar-refractivity contribution in [1.82, 2.24) is 5.32 Å². The zero-order chi connectivity index (χ0) is 16.3. The Balaban J connectivity index is 2.62. The molecule has 0 bridgehead atoms. The highest BCUT2D eigenvalue weighted by molar-refractivity contribution is 14.1. The van der Waals surface area contributed by atoms with Crippen molar-refractivity contribution in [2.24, 2.45) is 5.73 Å². The Morgan fingerprint density at radius 2 is 2.18 bits per heavy atom. The quantitative estimate of drug-likeness (QED) is 0.513. The second-order valence-electron chi connectivity index (χ2n) is 4.21. The van der Waals surface area contributed by atoms with Crippen molar-refractivity contribution in [2.45, 2.75) is 0 Å². The molecule has 1 heterocycles. The van der Waals surface area contributed by atoms with E-state index in [2.05, 4.69) is 32.8 Å². The standard InChI is InChI=1S/C14H10Cl2IN3OS/c1-19-11-10(8-3-2-7(15)6-9(8)16)12(22-13(11)17)14(21)20-5-4-18/h2-3,6H,4-5,18H2,(H,20,21). The number of carbonyl (C=O) groups excluding carboxylic acids is 1. The number of nitrogens with two attached hydrogens (primary N) is 1. The number of halogens is 3. The summed E-state index contributed by atoms with van der Waals surface area (Å²) in [6.45, 7) is 8.10. The minimum absolute atomic E-state index is 0.260. The minimum atomic E-state index is -0.260. The third-order valence-corrected chi connectivity index (χ3v) is 5.48. The predicted molar refractivity (Wildman–Crippen MR) is 100 cm³/mol. The first kappa shape index (κ1) is 17.5. The molecule has 22 heavy (non-hydrogen) atoms. The number of rotatable bonds is 4. The summed E-state index contributed by atoms with van der Waals surface area (Å²) in [6, 6.07) is 5.00. The van der Waals surface area contributed by atoms with Gasteiger partial charge in [-0.1, -0.05) is 29.3 Å². The summed E-state index contributed by atoms with van der Waals surface area (Å²) >= 11 is 15.5. The predicted octanol–water partition coefficient (Wildman–Crippen LogP) is 4.57. The maximum Gasteiger partial charge on any atom is 0.260 e. The van der Waals surface area contributed by atoms with Crippen molar-refractivity contribution in [3.8, 4) is 11.1 Å². The second-order valence-corrected chi connectivity index (χ2v) is 7.88. The van der Waals surface area contributed by atoms with Crippen LogP contribution in [-0.2, 0) is 0 Å². The van der Waals surface area contributed by atoms with Crippen LogP contribution >= 0.6 is 57.1 Å². The maximum atomic E-state index is 12.3. The molecule has 0 radical (unpaired) electrons. The molecule has 1 amide bonds. The van der Waals surface area contributed by atoms with Crippen LogP contribution in [0.1, 0.15) is 9.67 Å². The zero-order valence-electron chi connectivity index (χ0n) is 11.1. The topological polar surface area (TPSA) is 59.5 Å². The highest BCUT2D eigenvalue weighted by Gasteiger charge is 2.24. The lowest BCUT2D eigenvalue weighted by atomic mass is 10.0. The van der Waals surface area contributed by atoms with Gasteiger partial charge >= 0.3 is 0 Å². The van der Waals surface area contributed by atoms with E-state index in [1.165, 1.54) is 11.3 Å². The van der Waals surface area contributed by atoms with Gasteiger partial charge in [0.2, 0.25) is 5.69 Å². The van der Waals surface area contributed by atoms with Crippen molar-refractivity contribution in [2.75, 3.05) is 13.1 Å². The fourth-order valence-corrected chi connectivity index (χ4v) is 4.31. The van der Waals surface area contributed by atoms with Gasteiger partial charge in [0, 0.05) is 28.7 Å². The molecule has 0 aliphatic carbocycles. The average molecular weight is 466 g/mol. The summed E-state index contributed by atoms with van der Waals surface area (Å²) < 4.78 is 0.742. The van der Waals surface area contributed by atoms with Crippen molar-refractivity contribution in [3.05, 3.63) is 47.4 Å². The van der Waals surface area contributed by atoms with E-state index in [-0.39, 0.29) is 5.91 Å². The molecule has 0 atom stereocenters. The van der Waals surface area contributed by atoms with E-state index in [9.17, 15) is 4.79 Å². The van der Waals surface area contributed by atoms with Gasteiger partial charge in [-0.25, -0.2) is 4.85 Å². The number of carbonyl (C=O) groups is 1. The molecule has 8 heteroatoms. The van der Waals surface area contributed by atoms with Crippen LogP contribution in [0.4, 0.5) is 5.69 Å². The summed E-state index contributed by atoms with van der Waals surface area (Å²) in [7, 11) is 0. The molecule has 0 aliphatic heterocycles. The average Bonchev–Trinajstić information content (AvgIpc) is 2.81. The van der Waals surface area contributed by atoms with Crippen molar-refractivity contribution < 1.29 is 4.79 Å². The van der Waals surface area contributed by atoms with Gasteiger partial charge < -0.3 is 11.1 Å². The molecule has 4 nitrogen and oxygen atoms in total. The van der Waals surface area contributed by atoms with Gasteiger partial charge in [-0.3, -0.25) is 4.79 Å². The number of hydrogen-bond donors (Lipinski definition) is 2. The highest BCUT2D eigenvalue weighted by atomic mass is 127. The molecule has 0 fully saturated rings. The number of thiophene rings is 1. The molecule has 2 rings (SSSR count). The van der Waals surface area contributed by atoms with Crippen LogP contribution < -0.4 is 11.1 Å². The lowest BCUT2D eigenvalue weighted by Gasteiger charge is -2.08. The van der Waals surface area contributed by atoms with E-state index in [1.807, 2.05) is 0 Å². The van der Waals surface area contributed by atoms with Crippen molar-refractivity contribution >= 4 is 68.7 Å². The van der Waals surface area contributed by atoms with Gasteiger partial charge in [-0.2, -0.15) is 0 Å². The van der Waals surface area contributed by atoms with Crippen LogP contribution in [0, 0.1) is 9.46 Å². The molecule has 0 saturated carbocycles. The Labute approximate surface area is 155 Å². The third-order valence-electron chi connectivity index (χ3n) is 2.79. The largest absolute Gasteiger partial charge is 0.350 e. The summed E-state index contributed by atoms with van der Waals surface area (Å²) in [5.74, 6) is -0.260. The van der Waals surface area contributed by atoms with Gasteiger partial charge in [0.05, 0.1) is 14.3 Å². The number of nitrogens with zero attached hydrogens (tertiary/aromatic N) is 1. The third kappa shape index (κ3) is 3.55. The molecule has 3 N–H and O–H groups in total. The highest BCUT2D eigenvalue weighted by Crippen LogP contribution is 2.46. The van der Waals surface area contributed by atoms with Gasteiger partial charge in [-0.05, 0) is 40.3 Å². The summed E-state index contributed by atoms with van der Waals surface area (Å²) in [5.41, 5.74) is 6.99. The SMILES string of the molecule is [C-]#[N+]c1c(I)sc(C(=O)NCCN)c1-c1ccc(Cl)cc1Cl. The lowest BCUT2D eigenvalue weighted by molar-refractivity contribution is 0.0959. The Bertz CT molecular complexity index is 770. The molecule has 0 unspecified atom stereocenters. The normalized spacial score (nSPS) is 10.3. The molecule has 1 aromatic carbocycles. The Morgan fingerprint density at radius 1 is 1.45 bits per heavy atom. The van der Waals surface area contributed by atoms with Gasteiger partial charge in [0.25, 0.3) is 5.91 Å². The Kier molecular flexibility index (Phi) is 6.06. The van der Waals surface area contributed by atoms with Crippen LogP contribution in [-0.4, -0.2) is 19.0 Å². The molecular weight excluding hydrogens is 456 g/mol. The van der Waals surface area contributed by atoms with E-state index in [4.69, 9.17) is 35.5 Å². The van der Waals surface area contributed by atoms with Crippen molar-refractivity contribution in [3.63, 3.8) is 0 Å². The molecule has 2 aromatic rings. The number of benzene rings is 1. The smallest absolute Gasteiger partial charge is 0.260 e. The molecule has 114 valence electrons. The monoisotopic (exact) mass is 465 g/mol. The Hall–Kier alpha value is -0.850. The minimum Gasteiger partial charge on any atom is -0.350 e. The van der Waals surface area contributed by atoms with Crippen LogP contribution in [0.5, 0.6) is 0 Å². The molecule has 0 spiro atoms. The first-order valence-electron chi connectivity index (χ1n) is 6.13. The maximum absolute atomic E-state index is 12.3. The first-order chi connectivity index (χ1) is 10.5. The second kappa shape index (κ2) is 7.62. The van der Waals surface area contributed by atoms with Gasteiger partial charge in [0.1, 0.15) is 0 Å². The fraction of sp³-hybridized carbons (Fsp3) is 0.143. The van der Waals surface area contributed by atoms with E-state index < -0.39 is 0 Å². The van der Waals surface area contributed by atoms with Crippen molar-refractivity contribution in [1.29, 1.82) is 0 Å². The zero-order valence-corrected chi connectivity index (χ0v) is 15.6. The van der Waals surface area contributed by atoms with Gasteiger partial charge in [0.15, 0.2) is 0 Å². The molecular formula is C14H10Cl2IN3OS. The molecule has 0 saturated heterocycles. The Morgan fingerprint density at radius 3 is 2.77 bits per heavy atom. The fourth-order valence-electron chi connectivity index (χ4n) is 1.86. The van der Waals surface area contributed by atoms with E-state index in [0.29, 0.717) is 44.8 Å². The van der Waals surface area contributed by atoms with E-state index in [1.54, 1.807) is 18.2 Å². The summed E-state index contributed by atoms with van der Waals surface area (Å²) in [5, 5.41) is 3.63. The first-order valence-corrected chi connectivity index (χ1v) is 8.78. The van der Waals surface area contributed by atoms with Crippen LogP contribution in [0.2, 0.25) is 10.0 Å². The van der Waals surface area contributed by atoms with E-state index >= 15 is 0 Å². The van der Waals surface area contributed by atoms with Crippen LogP contribution in [0.25, 0.3) is 16.0 Å². The van der Waals surface area contributed by atoms with Crippen LogP contribution in [0.3, 0.4) is 0 Å². The van der Waals surface area contributed by atoms with Gasteiger partial charge in [-0.15, -0.1) is 11.3 Å². The lowest BCUT2D eigenvalue weighted by Crippen LogP contribution is -2.28. The molecule has 1 aromatic heterocycles. The number of nitrogens with one attached hydrogen (secondary N) is 1. The van der Waals surface area contributed by atoms with Crippen LogP contribution in [0.15, 0.2) is 18.2 Å². The number of hydrogen-bond acceptors (Lipinski definition) is 3. The summed E-state index contributed by atoms with van der Waals surface area (Å²) in [6.07, 6.45) is 0.